The van der Waals surface area contributed by atoms with Crippen molar-refractivity contribution in [2.24, 2.45) is 0 Å². The van der Waals surface area contributed by atoms with Crippen LogP contribution in [0, 0.1) is 0 Å². The zero-order valence-electron chi connectivity index (χ0n) is 15.6. The molecule has 2 aromatic rings. The van der Waals surface area contributed by atoms with E-state index in [1.807, 2.05) is 12.1 Å². The van der Waals surface area contributed by atoms with Gasteiger partial charge in [0.15, 0.2) is 0 Å². The van der Waals surface area contributed by atoms with Gasteiger partial charge in [0.1, 0.15) is 0 Å². The molecule has 1 aliphatic rings. The first-order valence-corrected chi connectivity index (χ1v) is 11.6. The number of aliphatic hydroxyl groups is 1. The van der Waals surface area contributed by atoms with E-state index in [1.165, 1.54) is 16.7 Å². The fraction of sp³-hybridized carbons (Fsp3) is 0.429. The van der Waals surface area contributed by atoms with Crippen LogP contribution in [-0.2, 0) is 16.6 Å². The lowest BCUT2D eigenvalue weighted by molar-refractivity contribution is 0.166. The van der Waals surface area contributed by atoms with Gasteiger partial charge >= 0.3 is 0 Å². The molecular weight excluding hydrogens is 401 g/mol. The second-order valence-corrected chi connectivity index (χ2v) is 9.45. The van der Waals surface area contributed by atoms with Gasteiger partial charge in [-0.05, 0) is 54.3 Å². The number of benzene rings is 2. The molecule has 0 fully saturated rings. The van der Waals surface area contributed by atoms with Gasteiger partial charge in [-0.3, -0.25) is 9.11 Å². The summed E-state index contributed by atoms with van der Waals surface area (Å²) in [5.41, 5.74) is 4.80. The van der Waals surface area contributed by atoms with Crippen LogP contribution in [-0.4, -0.2) is 40.7 Å². The highest BCUT2D eigenvalue weighted by Gasteiger charge is 2.30. The number of fused-ring (bicyclic) bond motifs is 1. The highest BCUT2D eigenvalue weighted by atomic mass is 35.5. The van der Waals surface area contributed by atoms with Crippen LogP contribution in [0.15, 0.2) is 36.4 Å². The van der Waals surface area contributed by atoms with Gasteiger partial charge in [-0.1, -0.05) is 47.5 Å². The maximum absolute atomic E-state index is 11.7. The number of hydrogen-bond donors (Lipinski definition) is 1. The van der Waals surface area contributed by atoms with Gasteiger partial charge < -0.3 is 5.11 Å². The summed E-state index contributed by atoms with van der Waals surface area (Å²) < 4.78 is 11.7. The first kappa shape index (κ1) is 20.8. The summed E-state index contributed by atoms with van der Waals surface area (Å²) in [7, 11) is 1.17. The minimum atomic E-state index is -0.879. The van der Waals surface area contributed by atoms with Crippen LogP contribution in [0.25, 0.3) is 0 Å². The molecule has 27 heavy (non-hydrogen) atoms. The van der Waals surface area contributed by atoms with E-state index in [2.05, 4.69) is 36.2 Å². The van der Waals surface area contributed by atoms with Crippen molar-refractivity contribution in [3.8, 4) is 0 Å². The largest absolute Gasteiger partial charge is 0.395 e. The van der Waals surface area contributed by atoms with E-state index in [0.717, 1.165) is 18.4 Å². The van der Waals surface area contributed by atoms with Crippen molar-refractivity contribution in [3.05, 3.63) is 68.7 Å². The van der Waals surface area contributed by atoms with Crippen molar-refractivity contribution in [2.45, 2.75) is 30.6 Å². The van der Waals surface area contributed by atoms with Crippen LogP contribution in [0.2, 0.25) is 10.0 Å². The summed E-state index contributed by atoms with van der Waals surface area (Å²) >= 11 is 12.4. The van der Waals surface area contributed by atoms with E-state index in [4.69, 9.17) is 23.2 Å². The molecular formula is C21H25Cl2NO2S. The van der Waals surface area contributed by atoms with Gasteiger partial charge in [0.2, 0.25) is 0 Å². The quantitative estimate of drug-likeness (QED) is 0.724. The van der Waals surface area contributed by atoms with E-state index in [9.17, 15) is 9.32 Å². The minimum Gasteiger partial charge on any atom is -0.395 e. The molecule has 0 bridgehead atoms. The Morgan fingerprint density at radius 1 is 1.11 bits per heavy atom. The maximum Gasteiger partial charge on any atom is 0.0595 e. The third-order valence-corrected chi connectivity index (χ3v) is 6.79. The van der Waals surface area contributed by atoms with Crippen molar-refractivity contribution >= 4 is 34.0 Å². The average molecular weight is 426 g/mol. The maximum atomic E-state index is 11.7. The Morgan fingerprint density at radius 2 is 1.89 bits per heavy atom. The summed E-state index contributed by atoms with van der Waals surface area (Å²) in [4.78, 5) is 2.20. The Hall–Kier alpha value is -0.910. The Bertz CT molecular complexity index is 843. The van der Waals surface area contributed by atoms with Gasteiger partial charge in [-0.15, -0.1) is 0 Å². The van der Waals surface area contributed by atoms with Crippen molar-refractivity contribution in [3.63, 3.8) is 0 Å². The topological polar surface area (TPSA) is 40.5 Å². The molecule has 3 unspecified atom stereocenters. The first-order valence-electron chi connectivity index (χ1n) is 9.09. The second kappa shape index (κ2) is 9.06. The third-order valence-electron chi connectivity index (χ3n) is 5.32. The summed E-state index contributed by atoms with van der Waals surface area (Å²) in [6.07, 6.45) is 3.73. The lowest BCUT2D eigenvalue weighted by Gasteiger charge is -2.37. The summed E-state index contributed by atoms with van der Waals surface area (Å²) in [6, 6.07) is 12.6. The van der Waals surface area contributed by atoms with Gasteiger partial charge in [0.05, 0.1) is 16.7 Å². The Labute approximate surface area is 173 Å². The SMILES string of the molecule is CN(CCO)C1CCC(c2ccc(Cl)c(Cl)c2)c2ccc(CS(C)=O)cc21. The molecule has 0 radical (unpaired) electrons. The monoisotopic (exact) mass is 425 g/mol. The van der Waals surface area contributed by atoms with Crippen LogP contribution in [0.4, 0.5) is 0 Å². The van der Waals surface area contributed by atoms with E-state index < -0.39 is 10.8 Å². The summed E-state index contributed by atoms with van der Waals surface area (Å²) in [6.45, 7) is 0.767. The molecule has 146 valence electrons. The number of aliphatic hydroxyl groups excluding tert-OH is 1. The van der Waals surface area contributed by atoms with Gasteiger partial charge in [0, 0.05) is 41.3 Å². The number of likely N-dealkylation sites (N-methyl/N-ethyl adjacent to an activating group) is 1. The van der Waals surface area contributed by atoms with Crippen LogP contribution in [0.1, 0.15) is 47.1 Å². The lowest BCUT2D eigenvalue weighted by atomic mass is 9.76. The molecule has 1 aliphatic carbocycles. The molecule has 6 heteroatoms. The van der Waals surface area contributed by atoms with Crippen molar-refractivity contribution in [1.29, 1.82) is 0 Å². The molecule has 0 spiro atoms. The van der Waals surface area contributed by atoms with E-state index in [0.29, 0.717) is 22.3 Å². The average Bonchev–Trinajstić information content (AvgIpc) is 2.62. The number of nitrogens with zero attached hydrogens (tertiary/aromatic N) is 1. The van der Waals surface area contributed by atoms with Crippen LogP contribution in [0.5, 0.6) is 0 Å². The summed E-state index contributed by atoms with van der Waals surface area (Å²) in [5, 5.41) is 10.5. The molecule has 2 aromatic carbocycles. The van der Waals surface area contributed by atoms with E-state index in [-0.39, 0.29) is 18.6 Å². The standard InChI is InChI=1S/C21H25Cl2NO2S/c1-24(9-10-25)21-8-6-16(15-4-7-19(22)20(23)12-15)17-5-3-14(11-18(17)21)13-27(2)26/h3-5,7,11-12,16,21,25H,6,8-10,13H2,1-2H3. The minimum absolute atomic E-state index is 0.136. The second-order valence-electron chi connectivity index (χ2n) is 7.20. The highest BCUT2D eigenvalue weighted by Crippen LogP contribution is 2.44. The van der Waals surface area contributed by atoms with E-state index >= 15 is 0 Å². The normalized spacial score (nSPS) is 20.5. The molecule has 0 aliphatic heterocycles. The summed E-state index contributed by atoms with van der Waals surface area (Å²) in [5.74, 6) is 0.816. The van der Waals surface area contributed by atoms with Crippen LogP contribution in [0.3, 0.4) is 0 Å². The lowest BCUT2D eigenvalue weighted by Crippen LogP contribution is -2.31. The molecule has 0 saturated heterocycles. The molecule has 0 saturated carbocycles. The molecule has 0 heterocycles. The van der Waals surface area contributed by atoms with Crippen LogP contribution >= 0.6 is 23.2 Å². The third kappa shape index (κ3) is 4.75. The van der Waals surface area contributed by atoms with Crippen molar-refractivity contribution in [1.82, 2.24) is 4.90 Å². The molecule has 3 nitrogen and oxygen atoms in total. The molecule has 1 N–H and O–H groups in total. The molecule has 0 amide bonds. The fourth-order valence-corrected chi connectivity index (χ4v) is 4.99. The van der Waals surface area contributed by atoms with Gasteiger partial charge in [-0.2, -0.15) is 0 Å². The highest BCUT2D eigenvalue weighted by molar-refractivity contribution is 7.83. The van der Waals surface area contributed by atoms with Gasteiger partial charge in [-0.25, -0.2) is 0 Å². The zero-order valence-corrected chi connectivity index (χ0v) is 17.9. The van der Waals surface area contributed by atoms with E-state index in [1.54, 1.807) is 6.26 Å². The number of halogens is 2. The predicted octanol–water partition coefficient (Wildman–Crippen LogP) is 4.76. The smallest absolute Gasteiger partial charge is 0.0595 e. The Kier molecular flexibility index (Phi) is 6.98. The Balaban J connectivity index is 2.04. The van der Waals surface area contributed by atoms with Gasteiger partial charge in [0.25, 0.3) is 0 Å². The predicted molar refractivity (Wildman–Crippen MR) is 114 cm³/mol. The zero-order chi connectivity index (χ0) is 19.6. The van der Waals surface area contributed by atoms with Crippen LogP contribution < -0.4 is 0 Å². The number of rotatable bonds is 6. The van der Waals surface area contributed by atoms with Crippen molar-refractivity contribution in [2.75, 3.05) is 26.5 Å². The Morgan fingerprint density at radius 3 is 2.56 bits per heavy atom. The molecule has 3 atom stereocenters. The molecule has 3 rings (SSSR count). The number of hydrogen-bond acceptors (Lipinski definition) is 3. The fourth-order valence-electron chi connectivity index (χ4n) is 4.04. The van der Waals surface area contributed by atoms with Crippen molar-refractivity contribution < 1.29 is 9.32 Å². The molecule has 0 aromatic heterocycles. The first-order chi connectivity index (χ1) is 12.9.